The standard InChI is InChI=1S/C15H19BrN2O2S/c1-3-4-5-18-14(21)17-12-8-15(18,2)20-13-10(12)6-9(19)7-11(13)16/h6-7,12,19H,3-5,8H2,1-2H3,(H,17,21). The highest BCUT2D eigenvalue weighted by Crippen LogP contribution is 2.48. The van der Waals surface area contributed by atoms with Gasteiger partial charge in [0.05, 0.1) is 10.5 Å². The molecule has 0 saturated carbocycles. The Labute approximate surface area is 138 Å². The summed E-state index contributed by atoms with van der Waals surface area (Å²) in [7, 11) is 0. The number of unbranched alkanes of at least 4 members (excludes halogenated alkanes) is 1. The molecule has 2 bridgehead atoms. The van der Waals surface area contributed by atoms with Crippen LogP contribution >= 0.6 is 28.1 Å². The highest BCUT2D eigenvalue weighted by molar-refractivity contribution is 9.10. The molecular formula is C15H19BrN2O2S. The number of ether oxygens (including phenoxy) is 1. The number of aromatic hydroxyl groups is 1. The van der Waals surface area contributed by atoms with Crippen LogP contribution in [0, 0.1) is 0 Å². The molecule has 0 radical (unpaired) electrons. The number of nitrogens with zero attached hydrogens (tertiary/aromatic N) is 1. The zero-order valence-corrected chi connectivity index (χ0v) is 14.6. The number of hydrogen-bond donors (Lipinski definition) is 2. The van der Waals surface area contributed by atoms with Gasteiger partial charge in [-0.3, -0.25) is 0 Å². The van der Waals surface area contributed by atoms with Crippen molar-refractivity contribution in [2.45, 2.75) is 44.9 Å². The molecule has 0 aliphatic carbocycles. The minimum absolute atomic E-state index is 0.0764. The summed E-state index contributed by atoms with van der Waals surface area (Å²) in [5.74, 6) is 1.03. The molecular weight excluding hydrogens is 352 g/mol. The van der Waals surface area contributed by atoms with Crippen molar-refractivity contribution in [1.29, 1.82) is 0 Å². The lowest BCUT2D eigenvalue weighted by molar-refractivity contribution is -0.0691. The third kappa shape index (κ3) is 2.48. The molecule has 1 aromatic rings. The zero-order chi connectivity index (χ0) is 15.2. The zero-order valence-electron chi connectivity index (χ0n) is 12.1. The average molecular weight is 371 g/mol. The van der Waals surface area contributed by atoms with Crippen molar-refractivity contribution in [2.75, 3.05) is 6.54 Å². The number of phenols is 1. The highest BCUT2D eigenvalue weighted by Gasteiger charge is 2.47. The Morgan fingerprint density at radius 2 is 2.33 bits per heavy atom. The van der Waals surface area contributed by atoms with Crippen LogP contribution in [-0.2, 0) is 0 Å². The number of benzene rings is 1. The molecule has 1 fully saturated rings. The van der Waals surface area contributed by atoms with Gasteiger partial charge in [0.15, 0.2) is 10.8 Å². The van der Waals surface area contributed by atoms with Gasteiger partial charge in [-0.2, -0.15) is 0 Å². The van der Waals surface area contributed by atoms with Gasteiger partial charge in [0.1, 0.15) is 11.5 Å². The molecule has 3 rings (SSSR count). The fraction of sp³-hybridized carbons (Fsp3) is 0.533. The first-order valence-electron chi connectivity index (χ1n) is 7.24. The summed E-state index contributed by atoms with van der Waals surface area (Å²) in [6.07, 6.45) is 3.00. The Morgan fingerprint density at radius 3 is 3.05 bits per heavy atom. The first-order chi connectivity index (χ1) is 9.94. The molecule has 2 N–H and O–H groups in total. The third-order valence-electron chi connectivity index (χ3n) is 4.19. The molecule has 6 heteroatoms. The van der Waals surface area contributed by atoms with E-state index >= 15 is 0 Å². The van der Waals surface area contributed by atoms with Crippen LogP contribution in [0.3, 0.4) is 0 Å². The van der Waals surface area contributed by atoms with Gasteiger partial charge in [-0.25, -0.2) is 0 Å². The molecule has 0 spiro atoms. The smallest absolute Gasteiger partial charge is 0.184 e. The molecule has 2 heterocycles. The summed E-state index contributed by atoms with van der Waals surface area (Å²) in [6.45, 7) is 5.14. The van der Waals surface area contributed by atoms with Gasteiger partial charge in [-0.05, 0) is 53.6 Å². The summed E-state index contributed by atoms with van der Waals surface area (Å²) in [5, 5.41) is 13.9. The quantitative estimate of drug-likeness (QED) is 0.794. The van der Waals surface area contributed by atoms with Crippen LogP contribution in [0.1, 0.15) is 44.7 Å². The number of thiocarbonyl (C=S) groups is 1. The van der Waals surface area contributed by atoms with Crippen molar-refractivity contribution >= 4 is 33.3 Å². The molecule has 114 valence electrons. The van der Waals surface area contributed by atoms with Crippen LogP contribution in [0.2, 0.25) is 0 Å². The summed E-state index contributed by atoms with van der Waals surface area (Å²) in [5.41, 5.74) is 0.520. The summed E-state index contributed by atoms with van der Waals surface area (Å²) in [6, 6.07) is 3.49. The maximum atomic E-state index is 9.81. The molecule has 21 heavy (non-hydrogen) atoms. The number of fused-ring (bicyclic) bond motifs is 4. The van der Waals surface area contributed by atoms with E-state index in [-0.39, 0.29) is 11.8 Å². The topological polar surface area (TPSA) is 44.7 Å². The number of hydrogen-bond acceptors (Lipinski definition) is 3. The van der Waals surface area contributed by atoms with Crippen LogP contribution in [0.25, 0.3) is 0 Å². The minimum atomic E-state index is -0.436. The van der Waals surface area contributed by atoms with Crippen LogP contribution in [0.5, 0.6) is 11.5 Å². The molecule has 2 aliphatic heterocycles. The number of nitrogens with one attached hydrogen (secondary N) is 1. The largest absolute Gasteiger partial charge is 0.508 e. The van der Waals surface area contributed by atoms with Crippen LogP contribution in [0.15, 0.2) is 16.6 Å². The van der Waals surface area contributed by atoms with E-state index in [1.54, 1.807) is 12.1 Å². The van der Waals surface area contributed by atoms with E-state index < -0.39 is 5.72 Å². The van der Waals surface area contributed by atoms with Gasteiger partial charge >= 0.3 is 0 Å². The third-order valence-corrected chi connectivity index (χ3v) is 5.11. The van der Waals surface area contributed by atoms with Crippen LogP contribution in [0.4, 0.5) is 0 Å². The fourth-order valence-electron chi connectivity index (χ4n) is 3.11. The summed E-state index contributed by atoms with van der Waals surface area (Å²) >= 11 is 9.01. The first kappa shape index (κ1) is 14.9. The van der Waals surface area contributed by atoms with E-state index in [9.17, 15) is 5.11 Å². The Hall–Kier alpha value is -1.01. The second kappa shape index (κ2) is 5.32. The monoisotopic (exact) mass is 370 g/mol. The van der Waals surface area contributed by atoms with E-state index in [2.05, 4.69) is 40.0 Å². The van der Waals surface area contributed by atoms with E-state index in [0.717, 1.165) is 46.7 Å². The Morgan fingerprint density at radius 1 is 1.57 bits per heavy atom. The molecule has 4 nitrogen and oxygen atoms in total. The molecule has 0 aromatic heterocycles. The Balaban J connectivity index is 2.01. The number of rotatable bonds is 3. The van der Waals surface area contributed by atoms with Gasteiger partial charge in [0.25, 0.3) is 0 Å². The molecule has 1 saturated heterocycles. The highest BCUT2D eigenvalue weighted by atomic mass is 79.9. The van der Waals surface area contributed by atoms with Gasteiger partial charge in [0.2, 0.25) is 0 Å². The minimum Gasteiger partial charge on any atom is -0.508 e. The lowest BCUT2D eigenvalue weighted by atomic mass is 9.90. The molecule has 0 amide bonds. The average Bonchev–Trinajstić information content (AvgIpc) is 2.40. The first-order valence-corrected chi connectivity index (χ1v) is 8.44. The predicted molar refractivity (Wildman–Crippen MR) is 89.5 cm³/mol. The van der Waals surface area contributed by atoms with E-state index in [4.69, 9.17) is 17.0 Å². The van der Waals surface area contributed by atoms with Crippen molar-refractivity contribution in [3.63, 3.8) is 0 Å². The van der Waals surface area contributed by atoms with Gasteiger partial charge in [0, 0.05) is 18.5 Å². The lowest BCUT2D eigenvalue weighted by Gasteiger charge is -2.52. The van der Waals surface area contributed by atoms with Crippen molar-refractivity contribution in [3.05, 3.63) is 22.2 Å². The SMILES string of the molecule is CCCCN1C(=S)NC2CC1(C)Oc1c(Br)cc(O)cc12. The molecule has 2 aliphatic rings. The fourth-order valence-corrected chi connectivity index (χ4v) is 4.08. The molecule has 2 unspecified atom stereocenters. The second-order valence-corrected chi connectivity index (χ2v) is 7.08. The lowest BCUT2D eigenvalue weighted by Crippen LogP contribution is -2.64. The van der Waals surface area contributed by atoms with Crippen molar-refractivity contribution in [1.82, 2.24) is 10.2 Å². The predicted octanol–water partition coefficient (Wildman–Crippen LogP) is 3.68. The van der Waals surface area contributed by atoms with E-state index in [1.165, 1.54) is 0 Å². The van der Waals surface area contributed by atoms with Gasteiger partial charge in [-0.15, -0.1) is 0 Å². The van der Waals surface area contributed by atoms with E-state index in [1.807, 2.05) is 0 Å². The van der Waals surface area contributed by atoms with Crippen molar-refractivity contribution in [2.24, 2.45) is 0 Å². The van der Waals surface area contributed by atoms with Crippen molar-refractivity contribution in [3.8, 4) is 11.5 Å². The second-order valence-electron chi connectivity index (χ2n) is 5.83. The number of phenolic OH excluding ortho intramolecular Hbond substituents is 1. The normalized spacial score (nSPS) is 26.9. The van der Waals surface area contributed by atoms with Gasteiger partial charge in [-0.1, -0.05) is 13.3 Å². The van der Waals surface area contributed by atoms with Crippen LogP contribution < -0.4 is 10.1 Å². The van der Waals surface area contributed by atoms with Gasteiger partial charge < -0.3 is 20.1 Å². The Kier molecular flexibility index (Phi) is 3.78. The summed E-state index contributed by atoms with van der Waals surface area (Å²) in [4.78, 5) is 2.14. The maximum absolute atomic E-state index is 9.81. The Bertz CT molecular complexity index is 595. The molecule has 1 aromatic carbocycles. The van der Waals surface area contributed by atoms with Crippen LogP contribution in [-0.4, -0.2) is 27.4 Å². The molecule has 2 atom stereocenters. The number of halogens is 1. The van der Waals surface area contributed by atoms with E-state index in [0.29, 0.717) is 0 Å². The summed E-state index contributed by atoms with van der Waals surface area (Å²) < 4.78 is 7.07. The van der Waals surface area contributed by atoms with Crippen molar-refractivity contribution < 1.29 is 9.84 Å². The maximum Gasteiger partial charge on any atom is 0.184 e.